The Morgan fingerprint density at radius 1 is 0.762 bits per heavy atom. The topological polar surface area (TPSA) is 58.2 Å². The molecule has 0 spiro atoms. The van der Waals surface area contributed by atoms with Crippen molar-refractivity contribution in [3.63, 3.8) is 0 Å². The molecule has 218 valence electrons. The Kier molecular flexibility index (Phi) is 9.47. The standard InChI is InChI=1S/C29H18ClF7N2O2S/c30-17-8-6-15(7-9-17)14-20(40)38-18-10-12-19(13-11-18)42-27(16-4-2-1-3-5-16)28(41)39-26-24(33)22(31)21(29(35,36)37)23(32)25(26)34/h1-13,27H,14H2,(H,38,40)(H,39,41). The molecular weight excluding hydrogens is 609 g/mol. The predicted octanol–water partition coefficient (Wildman–Crippen LogP) is 8.57. The smallest absolute Gasteiger partial charge is 0.326 e. The Bertz CT molecular complexity index is 1570. The third-order valence-corrected chi connectivity index (χ3v) is 7.32. The summed E-state index contributed by atoms with van der Waals surface area (Å²) < 4.78 is 95.9. The first-order chi connectivity index (χ1) is 19.8. The summed E-state index contributed by atoms with van der Waals surface area (Å²) in [4.78, 5) is 26.0. The largest absolute Gasteiger partial charge is 0.422 e. The number of hydrogen-bond acceptors (Lipinski definition) is 3. The van der Waals surface area contributed by atoms with Crippen molar-refractivity contribution in [2.75, 3.05) is 10.6 Å². The molecule has 0 aliphatic heterocycles. The number of hydrogen-bond donors (Lipinski definition) is 2. The SMILES string of the molecule is O=C(Cc1ccc(Cl)cc1)Nc1ccc(SC(C(=O)Nc2c(F)c(F)c(C(F)(F)F)c(F)c2F)c2ccccc2)cc1. The van der Waals surface area contributed by atoms with Gasteiger partial charge in [0.15, 0.2) is 23.3 Å². The molecule has 4 nitrogen and oxygen atoms in total. The van der Waals surface area contributed by atoms with E-state index < -0.39 is 51.9 Å². The molecule has 4 rings (SSSR count). The molecule has 13 heteroatoms. The summed E-state index contributed by atoms with van der Waals surface area (Å²) in [5.41, 5.74) is -2.96. The highest BCUT2D eigenvalue weighted by molar-refractivity contribution is 8.00. The maximum absolute atomic E-state index is 14.4. The summed E-state index contributed by atoms with van der Waals surface area (Å²) in [6.45, 7) is 0. The molecule has 0 bridgehead atoms. The van der Waals surface area contributed by atoms with E-state index in [1.807, 2.05) is 0 Å². The fourth-order valence-corrected chi connectivity index (χ4v) is 4.98. The van der Waals surface area contributed by atoms with Crippen molar-refractivity contribution in [1.82, 2.24) is 0 Å². The van der Waals surface area contributed by atoms with Gasteiger partial charge in [-0.3, -0.25) is 9.59 Å². The highest BCUT2D eigenvalue weighted by Gasteiger charge is 2.42. The Hall–Kier alpha value is -4.03. The quantitative estimate of drug-likeness (QED) is 0.117. The number of anilines is 2. The zero-order valence-electron chi connectivity index (χ0n) is 21.0. The second-order valence-corrected chi connectivity index (χ2v) is 10.4. The monoisotopic (exact) mass is 626 g/mol. The average molecular weight is 627 g/mol. The van der Waals surface area contributed by atoms with Gasteiger partial charge in [0, 0.05) is 15.6 Å². The van der Waals surface area contributed by atoms with Crippen LogP contribution >= 0.6 is 23.4 Å². The molecule has 0 aromatic heterocycles. The summed E-state index contributed by atoms with van der Waals surface area (Å²) in [6, 6.07) is 20.7. The van der Waals surface area contributed by atoms with E-state index >= 15 is 0 Å². The Balaban J connectivity index is 1.54. The highest BCUT2D eigenvalue weighted by atomic mass is 35.5. The summed E-state index contributed by atoms with van der Waals surface area (Å²) in [6.07, 6.45) is -5.63. The molecule has 42 heavy (non-hydrogen) atoms. The summed E-state index contributed by atoms with van der Waals surface area (Å²) in [5, 5.41) is 3.69. The van der Waals surface area contributed by atoms with Crippen LogP contribution in [0.15, 0.2) is 83.8 Å². The van der Waals surface area contributed by atoms with Gasteiger partial charge in [0.2, 0.25) is 11.8 Å². The van der Waals surface area contributed by atoms with Crippen LogP contribution in [-0.2, 0) is 22.2 Å². The number of carbonyl (C=O) groups excluding carboxylic acids is 2. The van der Waals surface area contributed by atoms with Crippen molar-refractivity contribution in [3.05, 3.63) is 124 Å². The summed E-state index contributed by atoms with van der Waals surface area (Å²) >= 11 is 6.72. The molecule has 0 radical (unpaired) electrons. The number of alkyl halides is 3. The second-order valence-electron chi connectivity index (χ2n) is 8.78. The van der Waals surface area contributed by atoms with Crippen LogP contribution in [0.5, 0.6) is 0 Å². The number of rotatable bonds is 8. The minimum atomic E-state index is -5.72. The van der Waals surface area contributed by atoms with Gasteiger partial charge < -0.3 is 10.6 Å². The van der Waals surface area contributed by atoms with Crippen LogP contribution in [0.4, 0.5) is 42.1 Å². The Labute approximate surface area is 243 Å². The zero-order chi connectivity index (χ0) is 30.6. The van der Waals surface area contributed by atoms with E-state index in [4.69, 9.17) is 11.6 Å². The first-order valence-corrected chi connectivity index (χ1v) is 13.2. The van der Waals surface area contributed by atoms with Crippen molar-refractivity contribution in [2.24, 2.45) is 0 Å². The van der Waals surface area contributed by atoms with E-state index in [1.54, 1.807) is 72.0 Å². The summed E-state index contributed by atoms with van der Waals surface area (Å²) in [5.74, 6) is -11.6. The molecule has 4 aromatic rings. The van der Waals surface area contributed by atoms with Gasteiger partial charge in [0.1, 0.15) is 16.5 Å². The fraction of sp³-hybridized carbons (Fsp3) is 0.103. The zero-order valence-corrected chi connectivity index (χ0v) is 22.6. The molecular formula is C29H18ClF7N2O2S. The first-order valence-electron chi connectivity index (χ1n) is 11.9. The van der Waals surface area contributed by atoms with Gasteiger partial charge in [-0.15, -0.1) is 11.8 Å². The molecule has 2 amide bonds. The molecule has 0 fully saturated rings. The van der Waals surface area contributed by atoms with Gasteiger partial charge in [-0.25, -0.2) is 17.6 Å². The lowest BCUT2D eigenvalue weighted by Crippen LogP contribution is -2.23. The first kappa shape index (κ1) is 30.9. The van der Waals surface area contributed by atoms with E-state index in [0.29, 0.717) is 21.2 Å². The molecule has 0 aliphatic rings. The predicted molar refractivity (Wildman–Crippen MR) is 145 cm³/mol. The summed E-state index contributed by atoms with van der Waals surface area (Å²) in [7, 11) is 0. The van der Waals surface area contributed by atoms with Crippen LogP contribution in [-0.4, -0.2) is 11.8 Å². The second kappa shape index (κ2) is 12.9. The number of benzene rings is 4. The third-order valence-electron chi connectivity index (χ3n) is 5.81. The van der Waals surface area contributed by atoms with Crippen molar-refractivity contribution < 1.29 is 40.3 Å². The van der Waals surface area contributed by atoms with Crippen molar-refractivity contribution >= 4 is 46.6 Å². The van der Waals surface area contributed by atoms with Crippen LogP contribution in [0.25, 0.3) is 0 Å². The van der Waals surface area contributed by atoms with Crippen LogP contribution in [0.2, 0.25) is 5.02 Å². The molecule has 1 atom stereocenters. The van der Waals surface area contributed by atoms with E-state index in [1.165, 1.54) is 12.1 Å². The van der Waals surface area contributed by atoms with E-state index in [9.17, 15) is 40.3 Å². The van der Waals surface area contributed by atoms with Crippen molar-refractivity contribution in [1.29, 1.82) is 0 Å². The molecule has 2 N–H and O–H groups in total. The molecule has 0 saturated heterocycles. The maximum atomic E-state index is 14.4. The minimum Gasteiger partial charge on any atom is -0.326 e. The number of halogens is 8. The van der Waals surface area contributed by atoms with E-state index in [2.05, 4.69) is 5.32 Å². The normalized spacial score (nSPS) is 12.1. The van der Waals surface area contributed by atoms with Gasteiger partial charge in [-0.1, -0.05) is 54.1 Å². The lowest BCUT2D eigenvalue weighted by Gasteiger charge is -2.19. The van der Waals surface area contributed by atoms with E-state index in [-0.39, 0.29) is 12.3 Å². The van der Waals surface area contributed by atoms with Crippen LogP contribution in [0.1, 0.15) is 21.9 Å². The Morgan fingerprint density at radius 3 is 1.88 bits per heavy atom. The van der Waals surface area contributed by atoms with Crippen molar-refractivity contribution in [3.8, 4) is 0 Å². The lowest BCUT2D eigenvalue weighted by atomic mass is 10.1. The van der Waals surface area contributed by atoms with Gasteiger partial charge in [0.05, 0.1) is 6.42 Å². The molecule has 0 aliphatic carbocycles. The average Bonchev–Trinajstić information content (AvgIpc) is 2.95. The van der Waals surface area contributed by atoms with Crippen molar-refractivity contribution in [2.45, 2.75) is 22.7 Å². The van der Waals surface area contributed by atoms with Crippen LogP contribution in [0.3, 0.4) is 0 Å². The Morgan fingerprint density at radius 2 is 1.33 bits per heavy atom. The van der Waals surface area contributed by atoms with Gasteiger partial charge in [-0.05, 0) is 47.5 Å². The minimum absolute atomic E-state index is 0.0855. The fourth-order valence-electron chi connectivity index (χ4n) is 3.83. The van der Waals surface area contributed by atoms with Gasteiger partial charge in [0.25, 0.3) is 0 Å². The van der Waals surface area contributed by atoms with Gasteiger partial charge in [-0.2, -0.15) is 13.2 Å². The molecule has 1 unspecified atom stereocenters. The highest BCUT2D eigenvalue weighted by Crippen LogP contribution is 2.40. The maximum Gasteiger partial charge on any atom is 0.422 e. The third kappa shape index (κ3) is 7.24. The lowest BCUT2D eigenvalue weighted by molar-refractivity contribution is -0.143. The number of amides is 2. The number of nitrogens with one attached hydrogen (secondary N) is 2. The molecule has 0 heterocycles. The van der Waals surface area contributed by atoms with Crippen LogP contribution in [0, 0.1) is 23.3 Å². The number of thioether (sulfide) groups is 1. The van der Waals surface area contributed by atoms with Gasteiger partial charge >= 0.3 is 6.18 Å². The van der Waals surface area contributed by atoms with E-state index in [0.717, 1.165) is 17.3 Å². The molecule has 4 aromatic carbocycles. The molecule has 0 saturated carbocycles. The van der Waals surface area contributed by atoms with Crippen LogP contribution < -0.4 is 10.6 Å². The number of carbonyl (C=O) groups is 2.